The zero-order chi connectivity index (χ0) is 21.6. The number of para-hydroxylation sites is 1. The molecule has 0 heterocycles. The van der Waals surface area contributed by atoms with Crippen molar-refractivity contribution < 1.29 is 23.2 Å². The van der Waals surface area contributed by atoms with E-state index >= 15 is 0 Å². The molecule has 1 unspecified atom stereocenters. The summed E-state index contributed by atoms with van der Waals surface area (Å²) in [6, 6.07) is 11.7. The van der Waals surface area contributed by atoms with E-state index in [-0.39, 0.29) is 36.8 Å². The third-order valence-corrected chi connectivity index (χ3v) is 7.11. The molecule has 3 rings (SSSR count). The van der Waals surface area contributed by atoms with Gasteiger partial charge in [-0.15, -0.1) is 0 Å². The predicted octanol–water partition coefficient (Wildman–Crippen LogP) is 5.89. The summed E-state index contributed by atoms with van der Waals surface area (Å²) in [5.74, 6) is -1.20. The number of benzene rings is 3. The van der Waals surface area contributed by atoms with Gasteiger partial charge in [-0.25, -0.2) is 0 Å². The Bertz CT molecular complexity index is 1210. The van der Waals surface area contributed by atoms with E-state index in [1.807, 2.05) is 0 Å². The number of rotatable bonds is 4. The molecule has 0 radical (unpaired) electrons. The molecule has 152 valence electrons. The number of aromatic hydroxyl groups is 2. The molecule has 3 aromatic carbocycles. The molecule has 0 spiro atoms. The van der Waals surface area contributed by atoms with E-state index in [9.17, 15) is 23.2 Å². The molecule has 3 N–H and O–H groups in total. The predicted molar refractivity (Wildman–Crippen MR) is 114 cm³/mol. The number of hydrogen-bond acceptors (Lipinski definition) is 4. The Hall–Kier alpha value is -1.67. The van der Waals surface area contributed by atoms with Crippen molar-refractivity contribution in [1.82, 2.24) is 0 Å². The normalized spacial score (nSPS) is 13.8. The Labute approximate surface area is 186 Å². The fourth-order valence-corrected chi connectivity index (χ4v) is 5.20. The van der Waals surface area contributed by atoms with Crippen LogP contribution in [0.1, 0.15) is 16.7 Å². The average molecular weight is 494 g/mol. The monoisotopic (exact) mass is 492 g/mol. The van der Waals surface area contributed by atoms with Crippen molar-refractivity contribution in [3.05, 3.63) is 91.4 Å². The topological polar surface area (TPSA) is 94.8 Å². The largest absolute Gasteiger partial charge is 0.508 e. The van der Waals surface area contributed by atoms with Gasteiger partial charge in [0.15, 0.2) is 4.75 Å². The highest BCUT2D eigenvalue weighted by Crippen LogP contribution is 2.52. The Morgan fingerprint density at radius 2 is 1.38 bits per heavy atom. The van der Waals surface area contributed by atoms with Gasteiger partial charge in [-0.2, -0.15) is 8.42 Å². The lowest BCUT2D eigenvalue weighted by Crippen LogP contribution is -2.38. The van der Waals surface area contributed by atoms with E-state index in [4.69, 9.17) is 46.4 Å². The molecular formula is C19H12Cl4O5S. The number of halogens is 4. The average Bonchev–Trinajstić information content (AvgIpc) is 2.62. The first-order valence-corrected chi connectivity index (χ1v) is 10.8. The molecule has 0 saturated heterocycles. The number of phenols is 2. The van der Waals surface area contributed by atoms with Crippen LogP contribution in [0.25, 0.3) is 0 Å². The molecule has 0 aliphatic heterocycles. The first-order chi connectivity index (χ1) is 13.5. The van der Waals surface area contributed by atoms with Gasteiger partial charge in [0.1, 0.15) is 11.5 Å². The van der Waals surface area contributed by atoms with Crippen LogP contribution in [0.4, 0.5) is 0 Å². The summed E-state index contributed by atoms with van der Waals surface area (Å²) in [6.45, 7) is 0. The molecule has 0 aromatic heterocycles. The van der Waals surface area contributed by atoms with E-state index < -0.39 is 26.4 Å². The van der Waals surface area contributed by atoms with Crippen LogP contribution < -0.4 is 0 Å². The number of phenolic OH excluding ortho intramolecular Hbond substituents is 2. The van der Waals surface area contributed by atoms with Gasteiger partial charge in [-0.05, 0) is 29.8 Å². The van der Waals surface area contributed by atoms with E-state index in [1.54, 1.807) is 0 Å². The van der Waals surface area contributed by atoms with Gasteiger partial charge in [-0.3, -0.25) is 4.55 Å². The van der Waals surface area contributed by atoms with Gasteiger partial charge in [0.2, 0.25) is 0 Å². The minimum Gasteiger partial charge on any atom is -0.508 e. The maximum Gasteiger partial charge on any atom is 0.283 e. The minimum atomic E-state index is -5.13. The minimum absolute atomic E-state index is 0.0430. The lowest BCUT2D eigenvalue weighted by Gasteiger charge is -2.33. The first kappa shape index (κ1) is 22.0. The molecule has 0 fully saturated rings. The van der Waals surface area contributed by atoms with Crippen LogP contribution in [0.15, 0.2) is 54.6 Å². The van der Waals surface area contributed by atoms with Gasteiger partial charge in [0.25, 0.3) is 10.1 Å². The Morgan fingerprint density at radius 3 is 2.00 bits per heavy atom. The Balaban J connectivity index is 2.63. The maximum atomic E-state index is 12.9. The standard InChI is InChI=1S/C19H12Cl4O5S/c20-11-4-1-3-10(7-11)19(29(26,27)28,12-5-2-6-14(21)18(12)25)13-8-15(22)16(23)9-17(13)24/h1-9,24-25H,(H,26,27,28). The van der Waals surface area contributed by atoms with Crippen LogP contribution in [0.2, 0.25) is 20.1 Å². The van der Waals surface area contributed by atoms with Crippen molar-refractivity contribution in [3.8, 4) is 11.5 Å². The summed E-state index contributed by atoms with van der Waals surface area (Å²) in [5, 5.41) is 21.1. The molecule has 1 atom stereocenters. The molecule has 5 nitrogen and oxygen atoms in total. The third-order valence-electron chi connectivity index (χ3n) is 4.40. The molecule has 3 aromatic rings. The van der Waals surface area contributed by atoms with Gasteiger partial charge in [0.05, 0.1) is 15.1 Å². The van der Waals surface area contributed by atoms with Crippen LogP contribution >= 0.6 is 46.4 Å². The summed E-state index contributed by atoms with van der Waals surface area (Å²) < 4.78 is 33.8. The van der Waals surface area contributed by atoms with Crippen LogP contribution in [0.5, 0.6) is 11.5 Å². The van der Waals surface area contributed by atoms with Gasteiger partial charge in [-0.1, -0.05) is 70.7 Å². The summed E-state index contributed by atoms with van der Waals surface area (Å²) >= 11 is 24.1. The lowest BCUT2D eigenvalue weighted by atomic mass is 9.83. The zero-order valence-electron chi connectivity index (χ0n) is 14.3. The van der Waals surface area contributed by atoms with E-state index in [0.717, 1.165) is 12.1 Å². The zero-order valence-corrected chi connectivity index (χ0v) is 18.1. The van der Waals surface area contributed by atoms with Crippen molar-refractivity contribution in [2.24, 2.45) is 0 Å². The lowest BCUT2D eigenvalue weighted by molar-refractivity contribution is 0.428. The maximum absolute atomic E-state index is 12.9. The molecule has 0 amide bonds. The molecular weight excluding hydrogens is 482 g/mol. The summed E-state index contributed by atoms with van der Waals surface area (Å²) in [4.78, 5) is 0. The summed E-state index contributed by atoms with van der Waals surface area (Å²) in [6.07, 6.45) is 0. The molecule has 0 saturated carbocycles. The second-order valence-corrected chi connectivity index (χ2v) is 9.31. The summed E-state index contributed by atoms with van der Waals surface area (Å²) in [7, 11) is -5.13. The summed E-state index contributed by atoms with van der Waals surface area (Å²) in [5.41, 5.74) is -0.739. The fourth-order valence-electron chi connectivity index (χ4n) is 3.21. The van der Waals surface area contributed by atoms with Gasteiger partial charge >= 0.3 is 0 Å². The fraction of sp³-hybridized carbons (Fsp3) is 0.0526. The Kier molecular flexibility index (Phi) is 5.98. The highest BCUT2D eigenvalue weighted by Gasteiger charge is 2.52. The smallest absolute Gasteiger partial charge is 0.283 e. The second kappa shape index (κ2) is 7.87. The Morgan fingerprint density at radius 1 is 0.759 bits per heavy atom. The molecule has 0 aliphatic carbocycles. The van der Waals surface area contributed by atoms with Crippen molar-refractivity contribution in [2.45, 2.75) is 4.75 Å². The van der Waals surface area contributed by atoms with Crippen molar-refractivity contribution >= 4 is 56.5 Å². The first-order valence-electron chi connectivity index (χ1n) is 7.89. The SMILES string of the molecule is O=S(=O)(O)C(c1cccc(Cl)c1)(c1cc(Cl)c(Cl)cc1O)c1cccc(Cl)c1O. The van der Waals surface area contributed by atoms with E-state index in [2.05, 4.69) is 0 Å². The van der Waals surface area contributed by atoms with Crippen molar-refractivity contribution in [1.29, 1.82) is 0 Å². The molecule has 10 heteroatoms. The highest BCUT2D eigenvalue weighted by atomic mass is 35.5. The molecule has 0 aliphatic rings. The second-order valence-electron chi connectivity index (χ2n) is 6.09. The van der Waals surface area contributed by atoms with Crippen molar-refractivity contribution in [2.75, 3.05) is 0 Å². The van der Waals surface area contributed by atoms with Crippen molar-refractivity contribution in [3.63, 3.8) is 0 Å². The molecule has 29 heavy (non-hydrogen) atoms. The van der Waals surface area contributed by atoms with Crippen LogP contribution in [-0.4, -0.2) is 23.2 Å². The third kappa shape index (κ3) is 3.65. The quantitative estimate of drug-likeness (QED) is 0.311. The van der Waals surface area contributed by atoms with Crippen LogP contribution in [0.3, 0.4) is 0 Å². The van der Waals surface area contributed by atoms with Gasteiger partial charge < -0.3 is 10.2 Å². The van der Waals surface area contributed by atoms with Crippen LogP contribution in [0, 0.1) is 0 Å². The van der Waals surface area contributed by atoms with E-state index in [0.29, 0.717) is 0 Å². The van der Waals surface area contributed by atoms with E-state index in [1.165, 1.54) is 42.5 Å². The molecule has 0 bridgehead atoms. The van der Waals surface area contributed by atoms with Crippen LogP contribution in [-0.2, 0) is 14.9 Å². The highest BCUT2D eigenvalue weighted by molar-refractivity contribution is 7.87. The number of hydrogen-bond donors (Lipinski definition) is 3. The van der Waals surface area contributed by atoms with Gasteiger partial charge in [0, 0.05) is 22.2 Å².